The van der Waals surface area contributed by atoms with Gasteiger partial charge in [0, 0.05) is 23.0 Å². The third kappa shape index (κ3) is 5.80. The Balaban J connectivity index is 1.63. The fourth-order valence-electron chi connectivity index (χ4n) is 4.83. The van der Waals surface area contributed by atoms with Crippen molar-refractivity contribution in [1.29, 1.82) is 0 Å². The van der Waals surface area contributed by atoms with E-state index in [0.717, 1.165) is 29.7 Å². The zero-order valence-electron chi connectivity index (χ0n) is 22.3. The molecule has 2 aromatic carbocycles. The number of hydrogen-bond acceptors (Lipinski definition) is 3. The lowest BCUT2D eigenvalue weighted by Crippen LogP contribution is -2.48. The number of benzene rings is 2. The van der Waals surface area contributed by atoms with Crippen LogP contribution in [0.3, 0.4) is 0 Å². The number of alkyl halides is 3. The molecule has 4 rings (SSSR count). The monoisotopic (exact) mass is 542 g/mol. The number of carbonyl (C=O) groups is 2. The predicted molar refractivity (Wildman–Crippen MR) is 144 cm³/mol. The summed E-state index contributed by atoms with van der Waals surface area (Å²) in [6.45, 7) is 10.2. The molecule has 0 radical (unpaired) electrons. The molecular formula is C30H33F3N2O2S. The van der Waals surface area contributed by atoms with Crippen molar-refractivity contribution in [3.63, 3.8) is 0 Å². The molecule has 0 fully saturated rings. The number of nitrogens with zero attached hydrogens (tertiary/aromatic N) is 2. The Hall–Kier alpha value is -3.13. The number of hydrogen-bond donors (Lipinski definition) is 0. The van der Waals surface area contributed by atoms with E-state index in [1.165, 1.54) is 27.5 Å². The maximum Gasteiger partial charge on any atom is 0.416 e. The lowest BCUT2D eigenvalue weighted by molar-refractivity contribution is -0.137. The van der Waals surface area contributed by atoms with Crippen LogP contribution in [0, 0.1) is 0 Å². The zero-order valence-corrected chi connectivity index (χ0v) is 23.1. The molecule has 2 heterocycles. The van der Waals surface area contributed by atoms with Crippen LogP contribution >= 0.6 is 11.3 Å². The van der Waals surface area contributed by atoms with E-state index >= 15 is 0 Å². The van der Waals surface area contributed by atoms with Crippen LogP contribution in [0.25, 0.3) is 0 Å². The summed E-state index contributed by atoms with van der Waals surface area (Å²) in [5.74, 6) is -0.834. The van der Waals surface area contributed by atoms with E-state index in [1.54, 1.807) is 30.1 Å². The van der Waals surface area contributed by atoms with Crippen molar-refractivity contribution < 1.29 is 22.8 Å². The van der Waals surface area contributed by atoms with Crippen molar-refractivity contribution in [1.82, 2.24) is 9.80 Å². The van der Waals surface area contributed by atoms with Crippen LogP contribution in [0.5, 0.6) is 0 Å². The third-order valence-corrected chi connectivity index (χ3v) is 8.00. The minimum Gasteiger partial charge on any atom is -0.330 e. The lowest BCUT2D eigenvalue weighted by atomic mass is 9.85. The average molecular weight is 543 g/mol. The summed E-state index contributed by atoms with van der Waals surface area (Å²) in [6, 6.07) is 14.0. The van der Waals surface area contributed by atoms with Gasteiger partial charge in [0.15, 0.2) is 0 Å². The number of carbonyl (C=O) groups excluding carboxylic acids is 2. The molecule has 0 spiro atoms. The Morgan fingerprint density at radius 3 is 2.32 bits per heavy atom. The molecule has 0 saturated carbocycles. The SMILES string of the molecule is CC(C)N(CC(=O)N1CCc2sccc2C1c1ccc(C(C)(C)C)cc1)C(=O)c1cccc(C(F)(F)F)c1. The summed E-state index contributed by atoms with van der Waals surface area (Å²) in [5, 5.41) is 2.03. The van der Waals surface area contributed by atoms with Crippen LogP contribution in [0.4, 0.5) is 13.2 Å². The van der Waals surface area contributed by atoms with E-state index in [0.29, 0.717) is 6.54 Å². The first-order valence-electron chi connectivity index (χ1n) is 12.7. The minimum atomic E-state index is -4.56. The molecule has 1 aromatic heterocycles. The molecule has 4 nitrogen and oxygen atoms in total. The fourth-order valence-corrected chi connectivity index (χ4v) is 5.73. The van der Waals surface area contributed by atoms with Gasteiger partial charge < -0.3 is 9.80 Å². The second-order valence-electron chi connectivity index (χ2n) is 11.0. The van der Waals surface area contributed by atoms with Gasteiger partial charge in [0.2, 0.25) is 5.91 Å². The molecule has 3 aromatic rings. The highest BCUT2D eigenvalue weighted by Crippen LogP contribution is 2.38. The smallest absolute Gasteiger partial charge is 0.330 e. The standard InChI is InChI=1S/C30H33F3N2O2S/c1-19(2)35(28(37)21-7-6-8-23(17-21)30(31,32)33)18-26(36)34-15-13-25-24(14-16-38-25)27(34)20-9-11-22(12-10-20)29(3,4)5/h6-12,14,16-17,19,27H,13,15,18H2,1-5H3. The van der Waals surface area contributed by atoms with Crippen molar-refractivity contribution in [2.45, 2.75) is 64.7 Å². The van der Waals surface area contributed by atoms with Crippen LogP contribution in [-0.2, 0) is 22.8 Å². The highest BCUT2D eigenvalue weighted by Gasteiger charge is 2.35. The minimum absolute atomic E-state index is 0.00428. The second-order valence-corrected chi connectivity index (χ2v) is 12.0. The molecule has 1 aliphatic rings. The van der Waals surface area contributed by atoms with Crippen LogP contribution in [0.1, 0.15) is 78.1 Å². The summed E-state index contributed by atoms with van der Waals surface area (Å²) >= 11 is 1.67. The number of amides is 2. The highest BCUT2D eigenvalue weighted by molar-refractivity contribution is 7.10. The van der Waals surface area contributed by atoms with Crippen molar-refractivity contribution in [3.8, 4) is 0 Å². The molecule has 0 N–H and O–H groups in total. The number of rotatable bonds is 5. The summed E-state index contributed by atoms with van der Waals surface area (Å²) in [7, 11) is 0. The highest BCUT2D eigenvalue weighted by atomic mass is 32.1. The van der Waals surface area contributed by atoms with Crippen molar-refractivity contribution in [2.75, 3.05) is 13.1 Å². The molecule has 0 bridgehead atoms. The Bertz CT molecular complexity index is 1310. The molecule has 1 unspecified atom stereocenters. The third-order valence-electron chi connectivity index (χ3n) is 7.01. The van der Waals surface area contributed by atoms with Crippen molar-refractivity contribution >= 4 is 23.2 Å². The van der Waals surface area contributed by atoms with Crippen LogP contribution in [-0.4, -0.2) is 40.7 Å². The van der Waals surface area contributed by atoms with E-state index in [4.69, 9.17) is 0 Å². The molecule has 2 amide bonds. The Morgan fingerprint density at radius 1 is 1.03 bits per heavy atom. The van der Waals surface area contributed by atoms with Gasteiger partial charge in [-0.3, -0.25) is 9.59 Å². The van der Waals surface area contributed by atoms with Gasteiger partial charge in [-0.2, -0.15) is 13.2 Å². The zero-order chi connectivity index (χ0) is 27.8. The van der Waals surface area contributed by atoms with Gasteiger partial charge in [0.05, 0.1) is 11.6 Å². The number of halogens is 3. The molecule has 202 valence electrons. The molecule has 1 aliphatic heterocycles. The van der Waals surface area contributed by atoms with Gasteiger partial charge in [-0.05, 0) is 72.0 Å². The Labute approximate surface area is 226 Å². The summed E-state index contributed by atoms with van der Waals surface area (Å²) in [4.78, 5) is 31.5. The maximum absolute atomic E-state index is 13.8. The Kier molecular flexibility index (Phi) is 7.75. The molecule has 38 heavy (non-hydrogen) atoms. The van der Waals surface area contributed by atoms with Gasteiger partial charge in [-0.1, -0.05) is 51.1 Å². The van der Waals surface area contributed by atoms with Crippen LogP contribution < -0.4 is 0 Å². The van der Waals surface area contributed by atoms with E-state index < -0.39 is 17.6 Å². The Morgan fingerprint density at radius 2 is 1.71 bits per heavy atom. The first kappa shape index (κ1) is 27.9. The number of fused-ring (bicyclic) bond motifs is 1. The first-order valence-corrected chi connectivity index (χ1v) is 13.6. The largest absolute Gasteiger partial charge is 0.416 e. The van der Waals surface area contributed by atoms with Gasteiger partial charge in [-0.25, -0.2) is 0 Å². The van der Waals surface area contributed by atoms with E-state index in [-0.39, 0.29) is 35.5 Å². The topological polar surface area (TPSA) is 40.6 Å². The van der Waals surface area contributed by atoms with Gasteiger partial charge >= 0.3 is 6.18 Å². The fraction of sp³-hybridized carbons (Fsp3) is 0.400. The molecule has 0 saturated heterocycles. The van der Waals surface area contributed by atoms with Gasteiger partial charge in [0.1, 0.15) is 6.54 Å². The quantitative estimate of drug-likeness (QED) is 0.345. The van der Waals surface area contributed by atoms with E-state index in [2.05, 4.69) is 51.1 Å². The van der Waals surface area contributed by atoms with Crippen molar-refractivity contribution in [2.24, 2.45) is 0 Å². The predicted octanol–water partition coefficient (Wildman–Crippen LogP) is 7.09. The van der Waals surface area contributed by atoms with E-state index in [9.17, 15) is 22.8 Å². The maximum atomic E-state index is 13.8. The van der Waals surface area contributed by atoms with Gasteiger partial charge in [-0.15, -0.1) is 11.3 Å². The lowest BCUT2D eigenvalue weighted by Gasteiger charge is -2.38. The number of thiophene rings is 1. The molecule has 1 atom stereocenters. The van der Waals surface area contributed by atoms with Crippen LogP contribution in [0.2, 0.25) is 0 Å². The second kappa shape index (κ2) is 10.6. The van der Waals surface area contributed by atoms with Crippen LogP contribution in [0.15, 0.2) is 60.0 Å². The average Bonchev–Trinajstić information content (AvgIpc) is 3.34. The normalized spacial score (nSPS) is 15.9. The summed E-state index contributed by atoms with van der Waals surface area (Å²) in [6.07, 6.45) is -3.84. The molecular weight excluding hydrogens is 509 g/mol. The van der Waals surface area contributed by atoms with E-state index in [1.807, 2.05) is 5.38 Å². The summed E-state index contributed by atoms with van der Waals surface area (Å²) < 4.78 is 39.7. The molecule has 8 heteroatoms. The van der Waals surface area contributed by atoms with Gasteiger partial charge in [0.25, 0.3) is 5.91 Å². The first-order chi connectivity index (χ1) is 17.8. The summed E-state index contributed by atoms with van der Waals surface area (Å²) in [5.41, 5.74) is 2.28. The molecule has 0 aliphatic carbocycles. The van der Waals surface area contributed by atoms with Crippen molar-refractivity contribution in [3.05, 3.63) is 92.7 Å².